The Morgan fingerprint density at radius 1 is 1.18 bits per heavy atom. The van der Waals surface area contributed by atoms with Crippen molar-refractivity contribution in [3.05, 3.63) is 29.7 Å². The van der Waals surface area contributed by atoms with Gasteiger partial charge in [-0.25, -0.2) is 9.97 Å². The minimum absolute atomic E-state index is 0.0851. The number of nitriles is 1. The molecule has 9 nitrogen and oxygen atoms in total. The number of alkyl halides is 3. The molecule has 4 rings (SSSR count). The Kier molecular flexibility index (Phi) is 9.25. The molecule has 0 bridgehead atoms. The largest absolute Gasteiger partial charge is 0.475 e. The highest BCUT2D eigenvalue weighted by molar-refractivity contribution is 6.33. The fourth-order valence-electron chi connectivity index (χ4n) is 4.57. The van der Waals surface area contributed by atoms with Gasteiger partial charge in [-0.1, -0.05) is 11.6 Å². The van der Waals surface area contributed by atoms with Crippen LogP contribution in [0.4, 0.5) is 19.0 Å². The maximum Gasteiger partial charge on any atom is 0.415 e. The van der Waals surface area contributed by atoms with Gasteiger partial charge in [0.25, 0.3) is 0 Å². The average Bonchev–Trinajstić information content (AvgIpc) is 2.92. The number of ether oxygens (including phenoxy) is 2. The molecule has 1 aliphatic carbocycles. The van der Waals surface area contributed by atoms with Crippen LogP contribution in [0, 0.1) is 16.7 Å². The number of halogens is 4. The molecule has 0 amide bonds. The van der Waals surface area contributed by atoms with E-state index in [2.05, 4.69) is 31.7 Å². The van der Waals surface area contributed by atoms with Crippen molar-refractivity contribution in [2.45, 2.75) is 62.9 Å². The zero-order valence-corrected chi connectivity index (χ0v) is 21.4. The smallest absolute Gasteiger partial charge is 0.415 e. The highest BCUT2D eigenvalue weighted by Gasteiger charge is 2.38. The van der Waals surface area contributed by atoms with Crippen molar-refractivity contribution in [1.29, 1.82) is 5.26 Å². The second-order valence-corrected chi connectivity index (χ2v) is 10.2. The van der Waals surface area contributed by atoms with Crippen LogP contribution < -0.4 is 15.4 Å². The molecule has 0 aromatic carbocycles. The number of anilines is 1. The van der Waals surface area contributed by atoms with E-state index in [4.69, 9.17) is 21.1 Å². The Morgan fingerprint density at radius 2 is 1.89 bits per heavy atom. The third-order valence-electron chi connectivity index (χ3n) is 6.98. The molecule has 0 radical (unpaired) electrons. The van der Waals surface area contributed by atoms with Crippen molar-refractivity contribution in [3.63, 3.8) is 0 Å². The Balaban J connectivity index is 1.34. The fourth-order valence-corrected chi connectivity index (χ4v) is 4.77. The number of hydrogen-bond acceptors (Lipinski definition) is 9. The summed E-state index contributed by atoms with van der Waals surface area (Å²) >= 11 is 6.42. The third-order valence-corrected chi connectivity index (χ3v) is 7.29. The molecule has 2 aromatic heterocycles. The first kappa shape index (κ1) is 28.3. The minimum atomic E-state index is -4.62. The number of pyridine rings is 1. The molecule has 0 unspecified atom stereocenters. The summed E-state index contributed by atoms with van der Waals surface area (Å²) in [5.41, 5.74) is 0.486. The van der Waals surface area contributed by atoms with Crippen molar-refractivity contribution in [2.24, 2.45) is 5.41 Å². The molecule has 3 N–H and O–H groups in total. The molecule has 206 valence electrons. The van der Waals surface area contributed by atoms with Gasteiger partial charge in [-0.15, -0.1) is 0 Å². The van der Waals surface area contributed by atoms with Crippen LogP contribution in [0.25, 0.3) is 11.3 Å². The maximum atomic E-state index is 12.5. The van der Waals surface area contributed by atoms with E-state index in [1.165, 1.54) is 12.4 Å². The maximum absolute atomic E-state index is 12.5. The average molecular weight is 555 g/mol. The van der Waals surface area contributed by atoms with E-state index in [1.54, 1.807) is 12.3 Å². The number of hydrogen-bond donors (Lipinski definition) is 3. The summed E-state index contributed by atoms with van der Waals surface area (Å²) in [6.45, 7) is 0.716. The van der Waals surface area contributed by atoms with Crippen LogP contribution in [-0.2, 0) is 4.74 Å². The van der Waals surface area contributed by atoms with Gasteiger partial charge in [-0.3, -0.25) is 4.98 Å². The summed E-state index contributed by atoms with van der Waals surface area (Å²) in [5, 5.41) is 25.4. The predicted molar refractivity (Wildman–Crippen MR) is 134 cm³/mol. The Hall–Kier alpha value is -2.72. The molecular weight excluding hydrogens is 525 g/mol. The van der Waals surface area contributed by atoms with Crippen LogP contribution in [0.3, 0.4) is 0 Å². The zero-order valence-electron chi connectivity index (χ0n) is 20.7. The number of rotatable bonds is 9. The molecule has 3 heterocycles. The lowest BCUT2D eigenvalue weighted by molar-refractivity contribution is -0.202. The van der Waals surface area contributed by atoms with Crippen LogP contribution in [0.2, 0.25) is 5.02 Å². The second-order valence-electron chi connectivity index (χ2n) is 9.74. The van der Waals surface area contributed by atoms with E-state index in [9.17, 15) is 23.5 Å². The van der Waals surface area contributed by atoms with E-state index in [0.717, 1.165) is 12.8 Å². The molecule has 1 saturated heterocycles. The first-order valence-electron chi connectivity index (χ1n) is 12.5. The lowest BCUT2D eigenvalue weighted by Crippen LogP contribution is -2.44. The summed E-state index contributed by atoms with van der Waals surface area (Å²) in [5.74, 6) is 0.875. The summed E-state index contributed by atoms with van der Waals surface area (Å²) in [4.78, 5) is 13.1. The number of aliphatic hydroxyl groups is 1. The molecule has 2 aromatic rings. The van der Waals surface area contributed by atoms with E-state index in [1.807, 2.05) is 0 Å². The van der Waals surface area contributed by atoms with Crippen LogP contribution in [0.1, 0.15) is 38.5 Å². The van der Waals surface area contributed by atoms with E-state index in [0.29, 0.717) is 61.0 Å². The van der Waals surface area contributed by atoms with Gasteiger partial charge in [0.1, 0.15) is 12.4 Å². The number of aromatic nitrogens is 3. The lowest BCUT2D eigenvalue weighted by Gasteiger charge is -2.31. The first-order chi connectivity index (χ1) is 18.2. The van der Waals surface area contributed by atoms with Crippen LogP contribution in [0.15, 0.2) is 24.7 Å². The predicted octanol–water partition coefficient (Wildman–Crippen LogP) is 4.13. The molecule has 1 aliphatic heterocycles. The SMILES string of the molecule is N#CC1(COc2cncc(-c3cc(NC4CCC(NC[C@@H](O)C(F)(F)F)CC4)ncc3Cl)n2)CCOCC1. The zero-order chi connectivity index (χ0) is 27.2. The van der Waals surface area contributed by atoms with Crippen molar-refractivity contribution >= 4 is 17.4 Å². The van der Waals surface area contributed by atoms with Gasteiger partial charge < -0.3 is 25.2 Å². The Bertz CT molecular complexity index is 1120. The van der Waals surface area contributed by atoms with E-state index >= 15 is 0 Å². The fraction of sp³-hybridized carbons (Fsp3) is 0.600. The summed E-state index contributed by atoms with van der Waals surface area (Å²) in [6, 6.07) is 4.13. The molecule has 38 heavy (non-hydrogen) atoms. The number of aliphatic hydroxyl groups excluding tert-OH is 1. The van der Waals surface area contributed by atoms with Crippen molar-refractivity contribution < 1.29 is 27.8 Å². The van der Waals surface area contributed by atoms with Gasteiger partial charge in [0, 0.05) is 43.6 Å². The number of nitrogens with one attached hydrogen (secondary N) is 2. The standard InChI is InChI=1S/C25H30ClF3N6O3/c26-19-10-33-22(34-17-3-1-16(2-4-17)32-12-21(36)25(27,28)29)9-18(19)20-11-31-13-23(35-20)38-15-24(14-30)5-7-37-8-6-24/h9-11,13,16-17,21,32,36H,1-8,12,15H2,(H,33,34)/t16?,17?,21-/m1/s1. The molecular formula is C25H30ClF3N6O3. The van der Waals surface area contributed by atoms with Gasteiger partial charge in [-0.05, 0) is 44.6 Å². The summed E-state index contributed by atoms with van der Waals surface area (Å²) in [7, 11) is 0. The molecule has 2 fully saturated rings. The highest BCUT2D eigenvalue weighted by atomic mass is 35.5. The van der Waals surface area contributed by atoms with Crippen molar-refractivity contribution in [3.8, 4) is 23.2 Å². The Labute approximate surface area is 223 Å². The van der Waals surface area contributed by atoms with Gasteiger partial charge in [0.05, 0.1) is 34.6 Å². The molecule has 2 aliphatic rings. The molecule has 1 saturated carbocycles. The normalized spacial score (nSPS) is 22.3. The minimum Gasteiger partial charge on any atom is -0.475 e. The first-order valence-corrected chi connectivity index (χ1v) is 12.9. The highest BCUT2D eigenvalue weighted by Crippen LogP contribution is 2.32. The van der Waals surface area contributed by atoms with E-state index in [-0.39, 0.29) is 24.6 Å². The quantitative estimate of drug-likeness (QED) is 0.419. The molecule has 1 atom stereocenters. The number of nitrogens with zero attached hydrogens (tertiary/aromatic N) is 4. The van der Waals surface area contributed by atoms with Crippen molar-refractivity contribution in [2.75, 3.05) is 31.7 Å². The van der Waals surface area contributed by atoms with Crippen LogP contribution in [0.5, 0.6) is 5.88 Å². The third kappa shape index (κ3) is 7.44. The molecule has 13 heteroatoms. The second kappa shape index (κ2) is 12.4. The van der Waals surface area contributed by atoms with Crippen LogP contribution >= 0.6 is 11.6 Å². The topological polar surface area (TPSA) is 125 Å². The monoisotopic (exact) mass is 554 g/mol. The van der Waals surface area contributed by atoms with E-state index < -0.39 is 24.2 Å². The van der Waals surface area contributed by atoms with Gasteiger partial charge in [0.2, 0.25) is 5.88 Å². The summed E-state index contributed by atoms with van der Waals surface area (Å²) in [6.07, 6.45) is 1.58. The van der Waals surface area contributed by atoms with Gasteiger partial charge in [-0.2, -0.15) is 18.4 Å². The van der Waals surface area contributed by atoms with Crippen molar-refractivity contribution in [1.82, 2.24) is 20.3 Å². The van der Waals surface area contributed by atoms with Crippen LogP contribution in [-0.4, -0.2) is 70.8 Å². The lowest BCUT2D eigenvalue weighted by atomic mass is 9.83. The van der Waals surface area contributed by atoms with Gasteiger partial charge in [0.15, 0.2) is 6.10 Å². The summed E-state index contributed by atoms with van der Waals surface area (Å²) < 4.78 is 48.7. The van der Waals surface area contributed by atoms with Gasteiger partial charge >= 0.3 is 6.18 Å². The molecule has 0 spiro atoms. The Morgan fingerprint density at radius 3 is 2.58 bits per heavy atom.